The van der Waals surface area contributed by atoms with Crippen LogP contribution in [0.4, 0.5) is 0 Å². The summed E-state index contributed by atoms with van der Waals surface area (Å²) in [6, 6.07) is 5.06. The maximum absolute atomic E-state index is 6.04. The number of nitrogens with two attached hydrogens (primary N) is 1. The molecule has 0 saturated heterocycles. The molecule has 0 unspecified atom stereocenters. The lowest BCUT2D eigenvalue weighted by Gasteiger charge is -2.30. The van der Waals surface area contributed by atoms with Crippen LogP contribution < -0.4 is 5.73 Å². The first-order chi connectivity index (χ1) is 7.09. The summed E-state index contributed by atoms with van der Waals surface area (Å²) in [5, 5.41) is 1.06. The molecule has 0 aliphatic carbocycles. The van der Waals surface area contributed by atoms with Gasteiger partial charge in [0.15, 0.2) is 0 Å². The highest BCUT2D eigenvalue weighted by Gasteiger charge is 2.32. The summed E-state index contributed by atoms with van der Waals surface area (Å²) in [7, 11) is 3.02. The Morgan fingerprint density at radius 3 is 2.33 bits per heavy atom. The molecule has 0 aliphatic rings. The molecule has 1 aromatic rings. The van der Waals surface area contributed by atoms with Gasteiger partial charge in [-0.15, -0.1) is 0 Å². The van der Waals surface area contributed by atoms with Crippen LogP contribution in [0.25, 0.3) is 0 Å². The van der Waals surface area contributed by atoms with Gasteiger partial charge in [0.05, 0.1) is 6.54 Å². The van der Waals surface area contributed by atoms with Crippen LogP contribution in [0.5, 0.6) is 0 Å². The van der Waals surface area contributed by atoms with E-state index in [0.717, 1.165) is 0 Å². The smallest absolute Gasteiger partial charge is 0.208 e. The molecule has 0 heterocycles. The second-order valence-electron chi connectivity index (χ2n) is 2.99. The van der Waals surface area contributed by atoms with E-state index in [4.69, 9.17) is 38.4 Å². The van der Waals surface area contributed by atoms with E-state index in [1.165, 1.54) is 14.2 Å². The van der Waals surface area contributed by atoms with Crippen molar-refractivity contribution in [3.8, 4) is 0 Å². The van der Waals surface area contributed by atoms with E-state index in [2.05, 4.69) is 0 Å². The summed E-state index contributed by atoms with van der Waals surface area (Å²) in [6.45, 7) is 0.153. The van der Waals surface area contributed by atoms with Gasteiger partial charge < -0.3 is 15.2 Å². The monoisotopic (exact) mass is 249 g/mol. The summed E-state index contributed by atoms with van der Waals surface area (Å²) in [4.78, 5) is 0. The van der Waals surface area contributed by atoms with Gasteiger partial charge >= 0.3 is 0 Å². The first kappa shape index (κ1) is 12.7. The van der Waals surface area contributed by atoms with E-state index >= 15 is 0 Å². The molecule has 5 heteroatoms. The third-order valence-corrected chi connectivity index (χ3v) is 2.83. The highest BCUT2D eigenvalue weighted by Crippen LogP contribution is 2.33. The first-order valence-corrected chi connectivity index (χ1v) is 5.11. The minimum absolute atomic E-state index is 0.153. The van der Waals surface area contributed by atoms with Crippen LogP contribution in [0, 0.1) is 0 Å². The summed E-state index contributed by atoms with van der Waals surface area (Å²) in [5.41, 5.74) is 6.26. The number of rotatable bonds is 4. The summed E-state index contributed by atoms with van der Waals surface area (Å²) in [6.07, 6.45) is 0. The Kier molecular flexibility index (Phi) is 4.37. The Balaban J connectivity index is 3.27. The molecule has 1 rings (SSSR count). The van der Waals surface area contributed by atoms with Crippen molar-refractivity contribution in [1.29, 1.82) is 0 Å². The molecule has 0 aliphatic heterocycles. The molecule has 84 valence electrons. The van der Waals surface area contributed by atoms with E-state index in [9.17, 15) is 0 Å². The molecule has 1 aromatic carbocycles. The van der Waals surface area contributed by atoms with Crippen LogP contribution in [0.3, 0.4) is 0 Å². The third-order valence-electron chi connectivity index (χ3n) is 2.27. The Morgan fingerprint density at radius 2 is 1.87 bits per heavy atom. The first-order valence-electron chi connectivity index (χ1n) is 4.35. The SMILES string of the molecule is COC(CN)(OC)c1cc(Cl)ccc1Cl. The lowest BCUT2D eigenvalue weighted by atomic mass is 10.1. The lowest BCUT2D eigenvalue weighted by Crippen LogP contribution is -2.39. The molecule has 0 spiro atoms. The van der Waals surface area contributed by atoms with E-state index in [-0.39, 0.29) is 6.54 Å². The molecule has 0 fully saturated rings. The van der Waals surface area contributed by atoms with E-state index in [1.54, 1.807) is 18.2 Å². The van der Waals surface area contributed by atoms with Crippen LogP contribution in [0.1, 0.15) is 5.56 Å². The average molecular weight is 250 g/mol. The number of ether oxygens (including phenoxy) is 2. The van der Waals surface area contributed by atoms with Crippen molar-refractivity contribution < 1.29 is 9.47 Å². The molecule has 0 atom stereocenters. The number of hydrogen-bond donors (Lipinski definition) is 1. The molecule has 3 nitrogen and oxygen atoms in total. The minimum atomic E-state index is -1.04. The van der Waals surface area contributed by atoms with Crippen LogP contribution in [0.15, 0.2) is 18.2 Å². The van der Waals surface area contributed by atoms with Gasteiger partial charge in [-0.25, -0.2) is 0 Å². The summed E-state index contributed by atoms with van der Waals surface area (Å²) < 4.78 is 10.5. The Labute approximate surface area is 99.1 Å². The number of halogens is 2. The predicted molar refractivity (Wildman–Crippen MR) is 61.2 cm³/mol. The highest BCUT2D eigenvalue weighted by atomic mass is 35.5. The van der Waals surface area contributed by atoms with Crippen molar-refractivity contribution in [2.45, 2.75) is 5.79 Å². The Bertz CT molecular complexity index is 332. The van der Waals surface area contributed by atoms with Gasteiger partial charge in [0, 0.05) is 29.8 Å². The quantitative estimate of drug-likeness (QED) is 0.834. The van der Waals surface area contributed by atoms with Crippen molar-refractivity contribution in [3.05, 3.63) is 33.8 Å². The van der Waals surface area contributed by atoms with Crippen molar-refractivity contribution in [2.75, 3.05) is 20.8 Å². The van der Waals surface area contributed by atoms with Crippen molar-refractivity contribution in [2.24, 2.45) is 5.73 Å². The predicted octanol–water partition coefficient (Wildman–Crippen LogP) is 2.40. The zero-order valence-electron chi connectivity index (χ0n) is 8.59. The van der Waals surface area contributed by atoms with Crippen LogP contribution in [0.2, 0.25) is 10.0 Å². The Hall–Kier alpha value is -0.320. The topological polar surface area (TPSA) is 44.5 Å². The van der Waals surface area contributed by atoms with Crippen molar-refractivity contribution in [3.63, 3.8) is 0 Å². The molecule has 0 amide bonds. The zero-order valence-corrected chi connectivity index (χ0v) is 10.1. The van der Waals surface area contributed by atoms with Gasteiger partial charge in [-0.05, 0) is 18.2 Å². The molecule has 0 saturated carbocycles. The maximum atomic E-state index is 6.04. The van der Waals surface area contributed by atoms with Gasteiger partial charge in [-0.1, -0.05) is 23.2 Å². The number of hydrogen-bond acceptors (Lipinski definition) is 3. The maximum Gasteiger partial charge on any atom is 0.208 e. The van der Waals surface area contributed by atoms with Gasteiger partial charge in [-0.2, -0.15) is 0 Å². The van der Waals surface area contributed by atoms with Gasteiger partial charge in [0.25, 0.3) is 0 Å². The normalized spacial score (nSPS) is 11.8. The van der Waals surface area contributed by atoms with E-state index in [0.29, 0.717) is 15.6 Å². The molecule has 15 heavy (non-hydrogen) atoms. The van der Waals surface area contributed by atoms with Crippen molar-refractivity contribution >= 4 is 23.2 Å². The zero-order chi connectivity index (χ0) is 11.5. The highest BCUT2D eigenvalue weighted by molar-refractivity contribution is 6.33. The number of benzene rings is 1. The van der Waals surface area contributed by atoms with E-state index in [1.807, 2.05) is 0 Å². The molecule has 0 radical (unpaired) electrons. The second kappa shape index (κ2) is 5.14. The largest absolute Gasteiger partial charge is 0.348 e. The fourth-order valence-corrected chi connectivity index (χ4v) is 1.80. The van der Waals surface area contributed by atoms with E-state index < -0.39 is 5.79 Å². The fourth-order valence-electron chi connectivity index (χ4n) is 1.37. The minimum Gasteiger partial charge on any atom is -0.348 e. The summed E-state index contributed by atoms with van der Waals surface area (Å²) >= 11 is 11.9. The van der Waals surface area contributed by atoms with Gasteiger partial charge in [0.1, 0.15) is 0 Å². The number of methoxy groups -OCH3 is 2. The summed E-state index contributed by atoms with van der Waals surface area (Å²) in [5.74, 6) is -1.04. The molecule has 0 aromatic heterocycles. The fraction of sp³-hybridized carbons (Fsp3) is 0.400. The molecule has 2 N–H and O–H groups in total. The third kappa shape index (κ3) is 2.44. The molecule has 0 bridgehead atoms. The Morgan fingerprint density at radius 1 is 1.27 bits per heavy atom. The van der Waals surface area contributed by atoms with Crippen molar-refractivity contribution in [1.82, 2.24) is 0 Å². The molecular weight excluding hydrogens is 237 g/mol. The van der Waals surface area contributed by atoms with Gasteiger partial charge in [-0.3, -0.25) is 0 Å². The van der Waals surface area contributed by atoms with Crippen LogP contribution in [-0.2, 0) is 15.3 Å². The van der Waals surface area contributed by atoms with Gasteiger partial charge in [0.2, 0.25) is 5.79 Å². The molecular formula is C10H13Cl2NO2. The lowest BCUT2D eigenvalue weighted by molar-refractivity contribution is -0.207. The van der Waals surface area contributed by atoms with Crippen LogP contribution >= 0.6 is 23.2 Å². The standard InChI is InChI=1S/C10H13Cl2NO2/c1-14-10(6-13,15-2)8-5-7(11)3-4-9(8)12/h3-5H,6,13H2,1-2H3. The average Bonchev–Trinajstić information content (AvgIpc) is 2.26. The second-order valence-corrected chi connectivity index (χ2v) is 3.83. The van der Waals surface area contributed by atoms with Crippen LogP contribution in [-0.4, -0.2) is 20.8 Å².